The Bertz CT molecular complexity index is 1230. The van der Waals surface area contributed by atoms with Crippen LogP contribution in [0.15, 0.2) is 59.6 Å². The summed E-state index contributed by atoms with van der Waals surface area (Å²) < 4.78 is 45.4. The predicted octanol–water partition coefficient (Wildman–Crippen LogP) is 4.28. The van der Waals surface area contributed by atoms with E-state index in [1.807, 2.05) is 0 Å². The molecule has 0 bridgehead atoms. The van der Waals surface area contributed by atoms with Gasteiger partial charge in [0.2, 0.25) is 0 Å². The lowest BCUT2D eigenvalue weighted by Gasteiger charge is -2.20. The number of ether oxygens (including phenoxy) is 1. The number of nitrogens with zero attached hydrogens (tertiary/aromatic N) is 1. The molecule has 7 nitrogen and oxygen atoms in total. The number of hydrogen-bond donors (Lipinski definition) is 2. The van der Waals surface area contributed by atoms with Crippen LogP contribution in [0.2, 0.25) is 5.02 Å². The van der Waals surface area contributed by atoms with Gasteiger partial charge in [-0.3, -0.25) is 5.32 Å². The van der Waals surface area contributed by atoms with E-state index in [0.29, 0.717) is 22.2 Å². The maximum absolute atomic E-state index is 14.6. The predicted molar refractivity (Wildman–Crippen MR) is 109 cm³/mol. The maximum Gasteiger partial charge on any atom is 0.320 e. The summed E-state index contributed by atoms with van der Waals surface area (Å²) in [5.41, 5.74) is 0.853. The van der Waals surface area contributed by atoms with Crippen LogP contribution >= 0.6 is 11.6 Å². The number of nitrogens with one attached hydrogen (secondary N) is 2. The number of amides is 2. The van der Waals surface area contributed by atoms with E-state index in [9.17, 15) is 17.6 Å². The van der Waals surface area contributed by atoms with Crippen LogP contribution in [0.3, 0.4) is 0 Å². The summed E-state index contributed by atoms with van der Waals surface area (Å²) >= 11 is 5.79. The van der Waals surface area contributed by atoms with Crippen LogP contribution in [0.5, 0.6) is 11.5 Å². The van der Waals surface area contributed by atoms with Crippen molar-refractivity contribution in [2.45, 2.75) is 17.2 Å². The van der Waals surface area contributed by atoms with Crippen LogP contribution in [0.25, 0.3) is 0 Å². The smallest absolute Gasteiger partial charge is 0.320 e. The maximum atomic E-state index is 14.6. The minimum atomic E-state index is -3.66. The Labute approximate surface area is 176 Å². The number of benzene rings is 2. The van der Waals surface area contributed by atoms with Gasteiger partial charge in [-0.25, -0.2) is 22.6 Å². The largest absolute Gasteiger partial charge is 0.454 e. The molecule has 3 aromatic rings. The van der Waals surface area contributed by atoms with Gasteiger partial charge in [0, 0.05) is 11.2 Å². The molecule has 0 saturated carbocycles. The molecule has 1 aliphatic heterocycles. The lowest BCUT2D eigenvalue weighted by Crippen LogP contribution is -2.34. The number of hydrogen-bond acceptors (Lipinski definition) is 5. The quantitative estimate of drug-likeness (QED) is 0.608. The summed E-state index contributed by atoms with van der Waals surface area (Å²) in [7, 11) is -3.66. The lowest BCUT2D eigenvalue weighted by molar-refractivity contribution is 0.250. The third kappa shape index (κ3) is 4.22. The minimum Gasteiger partial charge on any atom is -0.454 e. The van der Waals surface area contributed by atoms with Crippen LogP contribution < -0.4 is 15.4 Å². The number of pyridine rings is 1. The zero-order valence-electron chi connectivity index (χ0n) is 15.4. The summed E-state index contributed by atoms with van der Waals surface area (Å²) in [4.78, 5) is 15.6. The molecular formula is C20H15ClFN3O4S. The Kier molecular flexibility index (Phi) is 5.31. The number of anilines is 1. The number of fused-ring (bicyclic) bond motifs is 1. The van der Waals surface area contributed by atoms with Crippen molar-refractivity contribution in [2.75, 3.05) is 5.32 Å². The lowest BCUT2D eigenvalue weighted by atomic mass is 10.2. The van der Waals surface area contributed by atoms with Crippen LogP contribution in [-0.4, -0.2) is 19.4 Å². The number of sulfone groups is 1. The third-order valence-electron chi connectivity index (χ3n) is 4.42. The second-order valence-electron chi connectivity index (χ2n) is 6.52. The van der Waals surface area contributed by atoms with E-state index in [2.05, 4.69) is 15.6 Å². The van der Waals surface area contributed by atoms with Crippen molar-refractivity contribution < 1.29 is 22.3 Å². The highest BCUT2D eigenvalue weighted by Gasteiger charge is 2.21. The Morgan fingerprint density at radius 1 is 1.10 bits per heavy atom. The number of urea groups is 1. The first-order chi connectivity index (χ1) is 14.3. The van der Waals surface area contributed by atoms with Crippen molar-refractivity contribution in [1.29, 1.82) is 0 Å². The number of aromatic nitrogens is 1. The summed E-state index contributed by atoms with van der Waals surface area (Å²) in [6.45, 7) is 0.184. The van der Waals surface area contributed by atoms with E-state index >= 15 is 0 Å². The van der Waals surface area contributed by atoms with Gasteiger partial charge < -0.3 is 10.1 Å². The van der Waals surface area contributed by atoms with Gasteiger partial charge in [-0.05, 0) is 48.0 Å². The molecule has 1 aliphatic rings. The Balaban J connectivity index is 1.55. The standard InChI is InChI=1S/C20H15ClFN3O4S/c21-13-2-4-14(5-3-13)30(27,28)11-12-1-6-18(16(22)9-12)29-17-7-8-23-19-15(17)10-24-20(26)25-19/h1-9H,10-11H2,(H2,23,24,25,26). The molecule has 0 aliphatic carbocycles. The van der Waals surface area contributed by atoms with Crippen LogP contribution in [0.1, 0.15) is 11.1 Å². The normalized spacial score (nSPS) is 13.2. The number of halogens is 2. The fourth-order valence-electron chi connectivity index (χ4n) is 2.95. The second-order valence-corrected chi connectivity index (χ2v) is 8.95. The SMILES string of the molecule is O=C1NCc2c(Oc3ccc(CS(=O)(=O)c4ccc(Cl)cc4)cc3F)ccnc2N1. The van der Waals surface area contributed by atoms with Crippen LogP contribution in [0.4, 0.5) is 15.0 Å². The van der Waals surface area contributed by atoms with E-state index < -0.39 is 15.7 Å². The van der Waals surface area contributed by atoms with Crippen molar-refractivity contribution in [3.8, 4) is 11.5 Å². The zero-order chi connectivity index (χ0) is 21.3. The first kappa shape index (κ1) is 20.1. The molecule has 0 unspecified atom stereocenters. The van der Waals surface area contributed by atoms with E-state index in [1.54, 1.807) is 6.07 Å². The Hall–Kier alpha value is -3.17. The molecule has 2 aromatic carbocycles. The zero-order valence-corrected chi connectivity index (χ0v) is 16.9. The molecule has 0 saturated heterocycles. The third-order valence-corrected chi connectivity index (χ3v) is 6.37. The fourth-order valence-corrected chi connectivity index (χ4v) is 4.41. The molecule has 0 atom stereocenters. The van der Waals surface area contributed by atoms with Crippen molar-refractivity contribution in [1.82, 2.24) is 10.3 Å². The minimum absolute atomic E-state index is 0.0760. The summed E-state index contributed by atoms with van der Waals surface area (Å²) in [5, 5.41) is 5.56. The second kappa shape index (κ2) is 7.92. The molecular weight excluding hydrogens is 433 g/mol. The highest BCUT2D eigenvalue weighted by Crippen LogP contribution is 2.32. The average molecular weight is 448 g/mol. The molecule has 0 spiro atoms. The van der Waals surface area contributed by atoms with Crippen molar-refractivity contribution in [3.05, 3.63) is 76.7 Å². The molecule has 2 amide bonds. The first-order valence-corrected chi connectivity index (χ1v) is 10.8. The molecule has 10 heteroatoms. The van der Waals surface area contributed by atoms with Gasteiger partial charge >= 0.3 is 6.03 Å². The van der Waals surface area contributed by atoms with Gasteiger partial charge in [-0.2, -0.15) is 0 Å². The Morgan fingerprint density at radius 3 is 2.60 bits per heavy atom. The number of carbonyl (C=O) groups is 1. The van der Waals surface area contributed by atoms with Gasteiger partial charge in [0.15, 0.2) is 21.4 Å². The highest BCUT2D eigenvalue weighted by molar-refractivity contribution is 7.90. The monoisotopic (exact) mass is 447 g/mol. The molecule has 154 valence electrons. The van der Waals surface area contributed by atoms with Gasteiger partial charge in [-0.15, -0.1) is 0 Å². The van der Waals surface area contributed by atoms with E-state index in [0.717, 1.165) is 6.07 Å². The fraction of sp³-hybridized carbons (Fsp3) is 0.100. The topological polar surface area (TPSA) is 97.4 Å². The summed E-state index contributed by atoms with van der Waals surface area (Å²) in [5.74, 6) is -0.493. The van der Waals surface area contributed by atoms with Gasteiger partial charge in [0.1, 0.15) is 11.6 Å². The molecule has 1 aromatic heterocycles. The van der Waals surface area contributed by atoms with Crippen molar-refractivity contribution >= 4 is 33.3 Å². The molecule has 4 rings (SSSR count). The van der Waals surface area contributed by atoms with Gasteiger partial charge in [0.25, 0.3) is 0 Å². The summed E-state index contributed by atoms with van der Waals surface area (Å²) in [6.07, 6.45) is 1.44. The molecule has 0 fully saturated rings. The molecule has 0 radical (unpaired) electrons. The molecule has 2 N–H and O–H groups in total. The number of carbonyl (C=O) groups excluding carboxylic acids is 1. The van der Waals surface area contributed by atoms with Crippen molar-refractivity contribution in [2.24, 2.45) is 0 Å². The van der Waals surface area contributed by atoms with Crippen LogP contribution in [-0.2, 0) is 22.1 Å². The average Bonchev–Trinajstić information content (AvgIpc) is 2.70. The molecule has 2 heterocycles. The number of rotatable bonds is 5. The molecule has 30 heavy (non-hydrogen) atoms. The van der Waals surface area contributed by atoms with E-state index in [1.165, 1.54) is 42.6 Å². The summed E-state index contributed by atoms with van der Waals surface area (Å²) in [6, 6.07) is 10.9. The van der Waals surface area contributed by atoms with Crippen LogP contribution in [0, 0.1) is 5.82 Å². The van der Waals surface area contributed by atoms with E-state index in [-0.39, 0.29) is 34.5 Å². The van der Waals surface area contributed by atoms with Crippen molar-refractivity contribution in [3.63, 3.8) is 0 Å². The van der Waals surface area contributed by atoms with E-state index in [4.69, 9.17) is 16.3 Å². The highest BCUT2D eigenvalue weighted by atomic mass is 35.5. The Morgan fingerprint density at radius 2 is 1.87 bits per heavy atom. The van der Waals surface area contributed by atoms with Gasteiger partial charge in [0.05, 0.1) is 22.8 Å². The van der Waals surface area contributed by atoms with Gasteiger partial charge in [-0.1, -0.05) is 17.7 Å². The first-order valence-electron chi connectivity index (χ1n) is 8.79.